The van der Waals surface area contributed by atoms with Crippen molar-refractivity contribution in [1.29, 1.82) is 0 Å². The van der Waals surface area contributed by atoms with Gasteiger partial charge in [-0.3, -0.25) is 4.68 Å². The zero-order valence-corrected chi connectivity index (χ0v) is 16.6. The van der Waals surface area contributed by atoms with Crippen LogP contribution >= 0.6 is 11.3 Å². The average Bonchev–Trinajstić information content (AvgIpc) is 3.29. The number of thiazole rings is 1. The molecule has 0 radical (unpaired) electrons. The van der Waals surface area contributed by atoms with Gasteiger partial charge in [0.1, 0.15) is 5.01 Å². The predicted molar refractivity (Wildman–Crippen MR) is 104 cm³/mol. The van der Waals surface area contributed by atoms with Crippen LogP contribution in [0.3, 0.4) is 0 Å². The first-order valence-electron chi connectivity index (χ1n) is 9.15. The van der Waals surface area contributed by atoms with E-state index in [0.29, 0.717) is 17.5 Å². The quantitative estimate of drug-likeness (QED) is 0.580. The van der Waals surface area contributed by atoms with Crippen molar-refractivity contribution >= 4 is 23.0 Å². The van der Waals surface area contributed by atoms with E-state index in [4.69, 9.17) is 0 Å². The molecule has 1 saturated heterocycles. The first kappa shape index (κ1) is 20.4. The highest BCUT2D eigenvalue weighted by molar-refractivity contribution is 7.09. The number of rotatable bonds is 5. The molecule has 2 aromatic rings. The molecule has 1 atom stereocenters. The number of hydrogen-bond donors (Lipinski definition) is 2. The van der Waals surface area contributed by atoms with Gasteiger partial charge in [-0.25, -0.2) is 9.98 Å². The molecule has 0 bridgehead atoms. The summed E-state index contributed by atoms with van der Waals surface area (Å²) < 4.78 is 39.8. The summed E-state index contributed by atoms with van der Waals surface area (Å²) in [5, 5.41) is 12.1. The molecule has 0 saturated carbocycles. The summed E-state index contributed by atoms with van der Waals surface area (Å²) in [4.78, 5) is 10.3. The van der Waals surface area contributed by atoms with E-state index in [9.17, 15) is 13.2 Å². The van der Waals surface area contributed by atoms with E-state index in [2.05, 4.69) is 30.6 Å². The molecule has 1 fully saturated rings. The first-order valence-corrected chi connectivity index (χ1v) is 10.0. The summed E-state index contributed by atoms with van der Waals surface area (Å²) in [6.07, 6.45) is 1.45. The largest absolute Gasteiger partial charge is 0.434 e. The van der Waals surface area contributed by atoms with Gasteiger partial charge in [0, 0.05) is 44.3 Å². The number of halogens is 3. The molecule has 1 unspecified atom stereocenters. The van der Waals surface area contributed by atoms with E-state index < -0.39 is 11.9 Å². The third-order valence-electron chi connectivity index (χ3n) is 4.38. The number of hydrogen-bond acceptors (Lipinski definition) is 5. The molecule has 28 heavy (non-hydrogen) atoms. The zero-order chi connectivity index (χ0) is 20.1. The smallest absolute Gasteiger partial charge is 0.367 e. The Morgan fingerprint density at radius 1 is 1.43 bits per heavy atom. The van der Waals surface area contributed by atoms with E-state index >= 15 is 0 Å². The van der Waals surface area contributed by atoms with Gasteiger partial charge in [0.2, 0.25) is 0 Å². The third kappa shape index (κ3) is 5.37. The highest BCUT2D eigenvalue weighted by atomic mass is 32.1. The van der Waals surface area contributed by atoms with Crippen molar-refractivity contribution in [3.05, 3.63) is 28.5 Å². The highest BCUT2D eigenvalue weighted by Gasteiger charge is 2.33. The Labute approximate surface area is 165 Å². The normalized spacial score (nSPS) is 18.4. The van der Waals surface area contributed by atoms with E-state index in [1.807, 2.05) is 26.4 Å². The highest BCUT2D eigenvalue weighted by Crippen LogP contribution is 2.30. The molecule has 0 aliphatic carbocycles. The van der Waals surface area contributed by atoms with Crippen LogP contribution in [0.25, 0.3) is 0 Å². The number of anilines is 1. The van der Waals surface area contributed by atoms with Crippen LogP contribution in [0.4, 0.5) is 18.9 Å². The predicted octanol–water partition coefficient (Wildman–Crippen LogP) is 2.62. The molecule has 2 aromatic heterocycles. The van der Waals surface area contributed by atoms with Gasteiger partial charge in [0.05, 0.1) is 18.4 Å². The second-order valence-corrected chi connectivity index (χ2v) is 7.56. The molecular weight excluding hydrogens is 391 g/mol. The summed E-state index contributed by atoms with van der Waals surface area (Å²) in [6, 6.07) is 0.189. The number of aliphatic imine (C=N–C) groups is 1. The lowest BCUT2D eigenvalue weighted by Crippen LogP contribution is -2.51. The minimum atomic E-state index is -4.42. The van der Waals surface area contributed by atoms with Crippen molar-refractivity contribution in [2.24, 2.45) is 12.0 Å². The maximum absolute atomic E-state index is 12.7. The van der Waals surface area contributed by atoms with Crippen LogP contribution in [0.15, 0.2) is 22.8 Å². The molecular formula is C17H24F3N7S. The van der Waals surface area contributed by atoms with Gasteiger partial charge in [0.25, 0.3) is 0 Å². The Hall–Kier alpha value is -2.30. The number of guanidine groups is 1. The second-order valence-electron chi connectivity index (χ2n) is 6.62. The number of aryl methyl sites for hydroxylation is 1. The molecule has 3 heterocycles. The van der Waals surface area contributed by atoms with Gasteiger partial charge in [0.15, 0.2) is 11.7 Å². The van der Waals surface area contributed by atoms with Crippen molar-refractivity contribution < 1.29 is 13.2 Å². The Balaban J connectivity index is 1.61. The molecule has 1 aliphatic heterocycles. The molecule has 2 N–H and O–H groups in total. The lowest BCUT2D eigenvalue weighted by molar-refractivity contribution is -0.140. The van der Waals surface area contributed by atoms with Gasteiger partial charge in [-0.15, -0.1) is 11.3 Å². The summed E-state index contributed by atoms with van der Waals surface area (Å²) in [6.45, 7) is 4.50. The van der Waals surface area contributed by atoms with Crippen LogP contribution in [-0.4, -0.2) is 46.4 Å². The molecule has 0 spiro atoms. The van der Waals surface area contributed by atoms with Crippen molar-refractivity contribution in [1.82, 2.24) is 25.4 Å². The lowest BCUT2D eigenvalue weighted by Gasteiger charge is -2.34. The Kier molecular flexibility index (Phi) is 6.42. The van der Waals surface area contributed by atoms with Crippen LogP contribution < -0.4 is 15.5 Å². The Bertz CT molecular complexity index is 799. The fourth-order valence-corrected chi connectivity index (χ4v) is 3.80. The van der Waals surface area contributed by atoms with E-state index in [1.165, 1.54) is 0 Å². The third-order valence-corrected chi connectivity index (χ3v) is 5.21. The van der Waals surface area contributed by atoms with Crippen LogP contribution in [0.2, 0.25) is 0 Å². The monoisotopic (exact) mass is 415 g/mol. The van der Waals surface area contributed by atoms with E-state index in [1.54, 1.807) is 4.68 Å². The van der Waals surface area contributed by atoms with Crippen LogP contribution in [0, 0.1) is 0 Å². The number of alkyl halides is 3. The number of aromatic nitrogens is 3. The van der Waals surface area contributed by atoms with E-state index in [-0.39, 0.29) is 12.6 Å². The van der Waals surface area contributed by atoms with Crippen LogP contribution in [0.5, 0.6) is 0 Å². The van der Waals surface area contributed by atoms with Crippen LogP contribution in [-0.2, 0) is 19.8 Å². The Morgan fingerprint density at radius 2 is 2.25 bits per heavy atom. The van der Waals surface area contributed by atoms with Gasteiger partial charge >= 0.3 is 6.18 Å². The molecule has 3 rings (SSSR count). The molecule has 7 nitrogen and oxygen atoms in total. The summed E-state index contributed by atoms with van der Waals surface area (Å²) in [5.41, 5.74) is 0.221. The van der Waals surface area contributed by atoms with Crippen molar-refractivity contribution in [2.75, 3.05) is 24.5 Å². The topological polar surface area (TPSA) is 70.4 Å². The summed E-state index contributed by atoms with van der Waals surface area (Å²) >= 11 is 0.971. The maximum Gasteiger partial charge on any atom is 0.434 e. The molecule has 1 aliphatic rings. The lowest BCUT2D eigenvalue weighted by atomic mass is 10.1. The van der Waals surface area contributed by atoms with Gasteiger partial charge < -0.3 is 15.5 Å². The SMILES string of the molecule is CCNC(=NCc1nc(C(F)(F)F)cs1)NC1CCCN(c2cnn(C)c2)C1. The molecule has 0 amide bonds. The Morgan fingerprint density at radius 3 is 2.89 bits per heavy atom. The molecule has 154 valence electrons. The maximum atomic E-state index is 12.7. The zero-order valence-electron chi connectivity index (χ0n) is 15.8. The fraction of sp³-hybridized carbons (Fsp3) is 0.588. The number of nitrogens with zero attached hydrogens (tertiary/aromatic N) is 5. The van der Waals surface area contributed by atoms with Crippen molar-refractivity contribution in [3.8, 4) is 0 Å². The first-order chi connectivity index (χ1) is 13.3. The number of piperidine rings is 1. The number of nitrogens with one attached hydrogen (secondary N) is 2. The average molecular weight is 415 g/mol. The van der Waals surface area contributed by atoms with Crippen molar-refractivity contribution in [2.45, 2.75) is 38.5 Å². The standard InChI is InChI=1S/C17H24F3N7S/c1-3-21-16(22-8-15-25-14(11-28-15)17(18,19)20)24-12-5-4-6-27(9-12)13-7-23-26(2)10-13/h7,10-12H,3-6,8-9H2,1-2H3,(H2,21,22,24). The van der Waals surface area contributed by atoms with E-state index in [0.717, 1.165) is 48.3 Å². The van der Waals surface area contributed by atoms with Crippen molar-refractivity contribution in [3.63, 3.8) is 0 Å². The second kappa shape index (κ2) is 8.80. The van der Waals surface area contributed by atoms with Gasteiger partial charge in [-0.05, 0) is 19.8 Å². The summed E-state index contributed by atoms with van der Waals surface area (Å²) in [5.74, 6) is 0.587. The minimum Gasteiger partial charge on any atom is -0.367 e. The minimum absolute atomic E-state index is 0.106. The fourth-order valence-electron chi connectivity index (χ4n) is 3.07. The van der Waals surface area contributed by atoms with Gasteiger partial charge in [-0.2, -0.15) is 18.3 Å². The molecule has 11 heteroatoms. The van der Waals surface area contributed by atoms with Gasteiger partial charge in [-0.1, -0.05) is 0 Å². The summed E-state index contributed by atoms with van der Waals surface area (Å²) in [7, 11) is 1.89. The van der Waals surface area contributed by atoms with Crippen LogP contribution in [0.1, 0.15) is 30.5 Å². The molecule has 0 aromatic carbocycles.